The molecule has 24 heavy (non-hydrogen) atoms. The Balaban J connectivity index is 1.55. The highest BCUT2D eigenvalue weighted by atomic mass is 16.5. The Bertz CT molecular complexity index is 553. The number of rotatable bonds is 4. The minimum absolute atomic E-state index is 0.0187. The average Bonchev–Trinajstić information content (AvgIpc) is 3.00. The van der Waals surface area contributed by atoms with Crippen molar-refractivity contribution in [2.45, 2.75) is 51.4 Å². The number of hydrogen-bond donors (Lipinski definition) is 1. The van der Waals surface area contributed by atoms with E-state index in [1.807, 2.05) is 18.7 Å². The van der Waals surface area contributed by atoms with Gasteiger partial charge in [-0.3, -0.25) is 9.69 Å². The largest absolute Gasteiger partial charge is 0.475 e. The average molecular weight is 333 g/mol. The summed E-state index contributed by atoms with van der Waals surface area (Å²) >= 11 is 0. The van der Waals surface area contributed by atoms with Gasteiger partial charge in [-0.25, -0.2) is 4.98 Å². The number of piperazine rings is 1. The molecule has 1 saturated heterocycles. The Morgan fingerprint density at radius 1 is 1.25 bits per heavy atom. The molecule has 0 unspecified atom stereocenters. The molecule has 0 radical (unpaired) electrons. The molecule has 6 nitrogen and oxygen atoms in total. The van der Waals surface area contributed by atoms with Crippen molar-refractivity contribution in [2.24, 2.45) is 0 Å². The summed E-state index contributed by atoms with van der Waals surface area (Å²) in [6.07, 6.45) is 4.52. The van der Waals surface area contributed by atoms with E-state index in [1.165, 1.54) is 0 Å². The molecule has 2 aliphatic rings. The van der Waals surface area contributed by atoms with E-state index in [-0.39, 0.29) is 24.2 Å². The molecular weight excluding hydrogens is 306 g/mol. The van der Waals surface area contributed by atoms with Crippen LogP contribution in [0.4, 0.5) is 0 Å². The first-order valence-electron chi connectivity index (χ1n) is 8.88. The van der Waals surface area contributed by atoms with Gasteiger partial charge in [-0.2, -0.15) is 0 Å². The van der Waals surface area contributed by atoms with Crippen LogP contribution in [-0.2, 0) is 0 Å². The van der Waals surface area contributed by atoms with Gasteiger partial charge in [0.25, 0.3) is 5.91 Å². The van der Waals surface area contributed by atoms with Crippen molar-refractivity contribution in [1.82, 2.24) is 14.8 Å². The second-order valence-corrected chi connectivity index (χ2v) is 6.95. The fraction of sp³-hybridized carbons (Fsp3) is 0.667. The number of aliphatic hydroxyl groups is 1. The van der Waals surface area contributed by atoms with Crippen molar-refractivity contribution in [3.63, 3.8) is 0 Å². The minimum atomic E-state index is -0.204. The maximum Gasteiger partial charge on any atom is 0.255 e. The zero-order valence-electron chi connectivity index (χ0n) is 14.5. The molecule has 1 aromatic rings. The fourth-order valence-corrected chi connectivity index (χ4v) is 3.60. The lowest BCUT2D eigenvalue weighted by molar-refractivity contribution is 0.0315. The molecular formula is C18H27N3O3. The van der Waals surface area contributed by atoms with E-state index in [9.17, 15) is 9.90 Å². The molecule has 1 aliphatic carbocycles. The number of carbonyl (C=O) groups excluding carboxylic acids is 1. The molecule has 1 saturated carbocycles. The summed E-state index contributed by atoms with van der Waals surface area (Å²) in [6, 6.07) is 3.80. The Morgan fingerprint density at radius 2 is 2.00 bits per heavy atom. The van der Waals surface area contributed by atoms with Gasteiger partial charge in [0.1, 0.15) is 0 Å². The minimum Gasteiger partial charge on any atom is -0.475 e. The topological polar surface area (TPSA) is 65.9 Å². The van der Waals surface area contributed by atoms with Crippen molar-refractivity contribution in [2.75, 3.05) is 26.2 Å². The second-order valence-electron chi connectivity index (χ2n) is 6.95. The molecule has 132 valence electrons. The molecule has 3 rings (SSSR count). The highest BCUT2D eigenvalue weighted by molar-refractivity contribution is 5.94. The highest BCUT2D eigenvalue weighted by Crippen LogP contribution is 2.25. The van der Waals surface area contributed by atoms with E-state index >= 15 is 0 Å². The van der Waals surface area contributed by atoms with Crippen LogP contribution in [0.5, 0.6) is 5.88 Å². The number of aliphatic hydroxyl groups excluding tert-OH is 1. The van der Waals surface area contributed by atoms with Crippen LogP contribution in [0.15, 0.2) is 18.3 Å². The highest BCUT2D eigenvalue weighted by Gasteiger charge is 2.33. The van der Waals surface area contributed by atoms with Crippen LogP contribution in [-0.4, -0.2) is 70.2 Å². The van der Waals surface area contributed by atoms with Crippen molar-refractivity contribution in [3.05, 3.63) is 23.9 Å². The van der Waals surface area contributed by atoms with Gasteiger partial charge in [0.05, 0.1) is 17.8 Å². The Kier molecular flexibility index (Phi) is 5.36. The molecule has 0 spiro atoms. The van der Waals surface area contributed by atoms with Crippen LogP contribution in [0.2, 0.25) is 0 Å². The number of amides is 1. The predicted molar refractivity (Wildman–Crippen MR) is 91.1 cm³/mol. The van der Waals surface area contributed by atoms with Gasteiger partial charge in [-0.15, -0.1) is 0 Å². The lowest BCUT2D eigenvalue weighted by Crippen LogP contribution is -2.53. The molecule has 6 heteroatoms. The van der Waals surface area contributed by atoms with Crippen LogP contribution in [0.3, 0.4) is 0 Å². The maximum absolute atomic E-state index is 12.6. The summed E-state index contributed by atoms with van der Waals surface area (Å²) in [5.41, 5.74) is 0.598. The van der Waals surface area contributed by atoms with Crippen LogP contribution >= 0.6 is 0 Å². The van der Waals surface area contributed by atoms with Crippen molar-refractivity contribution in [3.8, 4) is 5.88 Å². The number of nitrogens with zero attached hydrogens (tertiary/aromatic N) is 3. The Hall–Kier alpha value is -1.66. The first-order chi connectivity index (χ1) is 11.5. The van der Waals surface area contributed by atoms with Gasteiger partial charge in [0, 0.05) is 44.5 Å². The van der Waals surface area contributed by atoms with E-state index in [4.69, 9.17) is 4.74 Å². The monoisotopic (exact) mass is 333 g/mol. The quantitative estimate of drug-likeness (QED) is 0.905. The van der Waals surface area contributed by atoms with Gasteiger partial charge < -0.3 is 14.7 Å². The number of aromatic nitrogens is 1. The SMILES string of the molecule is CC(C)Oc1ccc(C(=O)N2CCN([C@@H]3CCC[C@@H]3O)CC2)cn1. The number of ether oxygens (including phenoxy) is 1. The summed E-state index contributed by atoms with van der Waals surface area (Å²) < 4.78 is 5.51. The third kappa shape index (κ3) is 3.87. The normalized spacial score (nSPS) is 25.2. The molecule has 1 aliphatic heterocycles. The molecule has 1 aromatic heterocycles. The van der Waals surface area contributed by atoms with Crippen molar-refractivity contribution < 1.29 is 14.6 Å². The van der Waals surface area contributed by atoms with E-state index in [0.29, 0.717) is 24.5 Å². The predicted octanol–water partition coefficient (Wildman–Crippen LogP) is 1.54. The molecule has 0 aromatic carbocycles. The lowest BCUT2D eigenvalue weighted by Gasteiger charge is -2.39. The smallest absolute Gasteiger partial charge is 0.255 e. The van der Waals surface area contributed by atoms with Crippen LogP contribution in [0.25, 0.3) is 0 Å². The van der Waals surface area contributed by atoms with Crippen LogP contribution in [0, 0.1) is 0 Å². The number of hydrogen-bond acceptors (Lipinski definition) is 5. The maximum atomic E-state index is 12.6. The van der Waals surface area contributed by atoms with E-state index < -0.39 is 0 Å². The third-order valence-electron chi connectivity index (χ3n) is 4.85. The van der Waals surface area contributed by atoms with E-state index in [1.54, 1.807) is 18.3 Å². The zero-order chi connectivity index (χ0) is 17.1. The van der Waals surface area contributed by atoms with Gasteiger partial charge >= 0.3 is 0 Å². The fourth-order valence-electron chi connectivity index (χ4n) is 3.60. The third-order valence-corrected chi connectivity index (χ3v) is 4.85. The summed E-state index contributed by atoms with van der Waals surface area (Å²) in [4.78, 5) is 21.0. The number of carbonyl (C=O) groups is 1. The first-order valence-corrected chi connectivity index (χ1v) is 8.88. The van der Waals surface area contributed by atoms with Crippen molar-refractivity contribution in [1.29, 1.82) is 0 Å². The second kappa shape index (κ2) is 7.49. The van der Waals surface area contributed by atoms with Gasteiger partial charge in [0.2, 0.25) is 5.88 Å². The van der Waals surface area contributed by atoms with Gasteiger partial charge in [-0.05, 0) is 39.2 Å². The standard InChI is InChI=1S/C18H27N3O3/c1-13(2)24-17-7-6-14(12-19-17)18(23)21-10-8-20(9-11-21)15-4-3-5-16(15)22/h6-7,12-13,15-16,22H,3-5,8-11H2,1-2H3/t15-,16+/m1/s1. The van der Waals surface area contributed by atoms with E-state index in [0.717, 1.165) is 32.4 Å². The lowest BCUT2D eigenvalue weighted by atomic mass is 10.1. The molecule has 1 N–H and O–H groups in total. The molecule has 0 bridgehead atoms. The summed E-state index contributed by atoms with van der Waals surface area (Å²) in [5.74, 6) is 0.562. The van der Waals surface area contributed by atoms with Crippen molar-refractivity contribution >= 4 is 5.91 Å². The zero-order valence-corrected chi connectivity index (χ0v) is 14.5. The first kappa shape index (κ1) is 17.2. The Morgan fingerprint density at radius 3 is 2.54 bits per heavy atom. The molecule has 1 amide bonds. The van der Waals surface area contributed by atoms with Gasteiger partial charge in [0.15, 0.2) is 0 Å². The van der Waals surface area contributed by atoms with Gasteiger partial charge in [-0.1, -0.05) is 0 Å². The van der Waals surface area contributed by atoms with E-state index in [2.05, 4.69) is 9.88 Å². The molecule has 2 heterocycles. The summed E-state index contributed by atoms with van der Waals surface area (Å²) in [5, 5.41) is 10.0. The summed E-state index contributed by atoms with van der Waals surface area (Å²) in [7, 11) is 0. The van der Waals surface area contributed by atoms with Crippen LogP contribution in [0.1, 0.15) is 43.5 Å². The Labute approximate surface area is 143 Å². The number of pyridine rings is 1. The molecule has 2 atom stereocenters. The summed E-state index contributed by atoms with van der Waals surface area (Å²) in [6.45, 7) is 6.95. The molecule has 2 fully saturated rings. The van der Waals surface area contributed by atoms with Crippen LogP contribution < -0.4 is 4.74 Å².